The molecule has 1 saturated carbocycles. The molecule has 0 spiro atoms. The number of fused-ring (bicyclic) bond motifs is 1. The zero-order valence-electron chi connectivity index (χ0n) is 37.8. The number of halogens is 5. The fourth-order valence-electron chi connectivity index (χ4n) is 4.75. The summed E-state index contributed by atoms with van der Waals surface area (Å²) in [5, 5.41) is 9.34. The largest absolute Gasteiger partial charge is 0.419 e. The highest BCUT2D eigenvalue weighted by atomic mass is 19.4. The van der Waals surface area contributed by atoms with Gasteiger partial charge in [-0.2, -0.15) is 27.1 Å². The molecule has 338 valence electrons. The SMILES string of the molecule is C#C/C=C\C=C.C#CCC.C/C=C(\C)CC(NC(=O)C1CC1)C(=O)NC(C)(C)Cn1cc(C(F)(F)F)cn1.CC.CC(F)(F)c1cn2cc(-c3ccccc3)cnc2n1.CCC. The van der Waals surface area contributed by atoms with Crippen molar-refractivity contribution in [3.8, 4) is 35.8 Å². The second-order valence-corrected chi connectivity index (χ2v) is 14.4. The van der Waals surface area contributed by atoms with E-state index in [2.05, 4.69) is 58.0 Å². The van der Waals surface area contributed by atoms with E-state index < -0.39 is 29.2 Å². The Kier molecular flexibility index (Phi) is 25.7. The molecule has 3 heterocycles. The summed E-state index contributed by atoms with van der Waals surface area (Å²) in [6.45, 7) is 21.6. The predicted molar refractivity (Wildman–Crippen MR) is 241 cm³/mol. The van der Waals surface area contributed by atoms with Crippen molar-refractivity contribution < 1.29 is 31.5 Å². The van der Waals surface area contributed by atoms with Gasteiger partial charge in [0.2, 0.25) is 17.6 Å². The Balaban J connectivity index is 0.000000935. The molecule has 1 aliphatic carbocycles. The summed E-state index contributed by atoms with van der Waals surface area (Å²) in [6.07, 6.45) is 22.4. The molecule has 0 saturated heterocycles. The number of aromatic nitrogens is 5. The maximum absolute atomic E-state index is 13.2. The number of nitrogens with zero attached hydrogens (tertiary/aromatic N) is 5. The fourth-order valence-corrected chi connectivity index (χ4v) is 4.75. The topological polar surface area (TPSA) is 106 Å². The van der Waals surface area contributed by atoms with Crippen LogP contribution in [-0.2, 0) is 28.2 Å². The summed E-state index contributed by atoms with van der Waals surface area (Å²) in [7, 11) is 0. The summed E-state index contributed by atoms with van der Waals surface area (Å²) in [5.41, 5.74) is 0.819. The summed E-state index contributed by atoms with van der Waals surface area (Å²) in [5.74, 6) is 1.53. The molecule has 1 fully saturated rings. The smallest absolute Gasteiger partial charge is 0.348 e. The van der Waals surface area contributed by atoms with E-state index in [0.29, 0.717) is 6.42 Å². The van der Waals surface area contributed by atoms with Gasteiger partial charge in [0.15, 0.2) is 0 Å². The van der Waals surface area contributed by atoms with Crippen molar-refractivity contribution >= 4 is 17.6 Å². The fraction of sp³-hybridized carbons (Fsp3) is 0.438. The van der Waals surface area contributed by atoms with Crippen molar-refractivity contribution in [1.29, 1.82) is 0 Å². The lowest BCUT2D eigenvalue weighted by molar-refractivity contribution is -0.137. The molecule has 5 rings (SSSR count). The van der Waals surface area contributed by atoms with Crippen molar-refractivity contribution in [2.24, 2.45) is 5.92 Å². The molecule has 4 aromatic rings. The number of hydrogen-bond acceptors (Lipinski definition) is 5. The van der Waals surface area contributed by atoms with E-state index in [1.54, 1.807) is 44.5 Å². The number of carbonyl (C=O) groups excluding carboxylic acids is 2. The molecule has 9 nitrogen and oxygen atoms in total. The molecule has 1 atom stereocenters. The van der Waals surface area contributed by atoms with Crippen molar-refractivity contribution in [3.63, 3.8) is 0 Å². The first kappa shape index (κ1) is 56.0. The number of rotatable bonds is 11. The molecule has 0 radical (unpaired) electrons. The first-order valence-corrected chi connectivity index (χ1v) is 20.5. The van der Waals surface area contributed by atoms with E-state index >= 15 is 0 Å². The number of alkyl halides is 5. The van der Waals surface area contributed by atoms with Crippen molar-refractivity contribution in [1.82, 2.24) is 34.8 Å². The Morgan fingerprint density at radius 3 is 2.03 bits per heavy atom. The average molecular weight is 866 g/mol. The Morgan fingerprint density at radius 2 is 1.58 bits per heavy atom. The van der Waals surface area contributed by atoms with E-state index in [1.807, 2.05) is 71.0 Å². The third-order valence-electron chi connectivity index (χ3n) is 7.98. The normalized spacial score (nSPS) is 12.6. The Bertz CT molecular complexity index is 2080. The van der Waals surface area contributed by atoms with Crippen LogP contribution in [0.4, 0.5) is 22.0 Å². The number of allylic oxidation sites excluding steroid dienone is 4. The van der Waals surface area contributed by atoms with Gasteiger partial charge in [0, 0.05) is 49.6 Å². The molecule has 1 unspecified atom stereocenters. The van der Waals surface area contributed by atoms with Gasteiger partial charge < -0.3 is 10.6 Å². The number of terminal acetylenes is 2. The maximum Gasteiger partial charge on any atom is 0.419 e. The van der Waals surface area contributed by atoms with Crippen LogP contribution < -0.4 is 10.6 Å². The quantitative estimate of drug-likeness (QED) is 0.0676. The number of carbonyl (C=O) groups is 2. The highest BCUT2D eigenvalue weighted by Gasteiger charge is 2.35. The monoisotopic (exact) mass is 866 g/mol. The van der Waals surface area contributed by atoms with Gasteiger partial charge in [-0.15, -0.1) is 18.8 Å². The third-order valence-corrected chi connectivity index (χ3v) is 7.98. The van der Waals surface area contributed by atoms with Gasteiger partial charge in [0.1, 0.15) is 11.7 Å². The minimum absolute atomic E-state index is 0.0286. The van der Waals surface area contributed by atoms with E-state index in [-0.39, 0.29) is 35.7 Å². The van der Waals surface area contributed by atoms with Gasteiger partial charge in [0.05, 0.1) is 23.8 Å². The summed E-state index contributed by atoms with van der Waals surface area (Å²) >= 11 is 0. The minimum atomic E-state index is -4.46. The van der Waals surface area contributed by atoms with E-state index in [9.17, 15) is 31.5 Å². The van der Waals surface area contributed by atoms with E-state index in [1.165, 1.54) is 17.0 Å². The summed E-state index contributed by atoms with van der Waals surface area (Å²) in [6, 6.07) is 8.90. The first-order valence-electron chi connectivity index (χ1n) is 20.5. The standard InChI is InChI=1S/C19H27F3N4O2.C14H11F2N3.C6H6.C4H6.C3H8.C2H6/c1-5-12(2)8-15(24-16(27)13-6-7-13)17(28)25-18(3,4)11-26-10-14(9-23-26)19(20,21)22;1-14(15,16)12-9-19-8-11(7-17-13(19)18-12)10-5-3-2-4-6-10;1-3-5-6-4-2;1-3-4-2;1-3-2;1-2/h5,9-10,13,15H,6-8,11H2,1-4H3,(H,24,27)(H,25,28);2-9H,1H3;1,4-6H,2H2;1H,4H2,2H3;3H2,1-2H3;1-2H3/b12-5+;;6-5-;;;. The predicted octanol–water partition coefficient (Wildman–Crippen LogP) is 11.4. The van der Waals surface area contributed by atoms with Crippen LogP contribution in [0.5, 0.6) is 0 Å². The van der Waals surface area contributed by atoms with Crippen molar-refractivity contribution in [3.05, 3.63) is 109 Å². The Labute approximate surface area is 365 Å². The van der Waals surface area contributed by atoms with Gasteiger partial charge in [-0.05, 0) is 58.6 Å². The lowest BCUT2D eigenvalue weighted by atomic mass is 10.0. The highest BCUT2D eigenvalue weighted by Crippen LogP contribution is 2.30. The lowest BCUT2D eigenvalue weighted by Crippen LogP contribution is -2.55. The van der Waals surface area contributed by atoms with Gasteiger partial charge >= 0.3 is 6.18 Å². The minimum Gasteiger partial charge on any atom is -0.348 e. The lowest BCUT2D eigenvalue weighted by Gasteiger charge is -2.29. The van der Waals surface area contributed by atoms with Crippen LogP contribution in [0.3, 0.4) is 0 Å². The molecule has 2 N–H and O–H groups in total. The number of nitrogens with one attached hydrogen (secondary N) is 2. The van der Waals surface area contributed by atoms with Crippen LogP contribution in [0.1, 0.15) is 113 Å². The van der Waals surface area contributed by atoms with Gasteiger partial charge in [-0.25, -0.2) is 9.97 Å². The van der Waals surface area contributed by atoms with Gasteiger partial charge in [-0.1, -0.05) is 108 Å². The number of amides is 2. The summed E-state index contributed by atoms with van der Waals surface area (Å²) in [4.78, 5) is 32.8. The average Bonchev–Trinajstić information content (AvgIpc) is 3.82. The van der Waals surface area contributed by atoms with Gasteiger partial charge in [-0.3, -0.25) is 18.7 Å². The van der Waals surface area contributed by atoms with Crippen molar-refractivity contribution in [2.45, 2.75) is 132 Å². The second-order valence-electron chi connectivity index (χ2n) is 14.4. The maximum atomic E-state index is 13.2. The molecule has 1 aliphatic rings. The molecule has 3 aromatic heterocycles. The second kappa shape index (κ2) is 28.5. The molecule has 14 heteroatoms. The molecular weight excluding hydrogens is 802 g/mol. The van der Waals surface area contributed by atoms with E-state index in [4.69, 9.17) is 12.8 Å². The van der Waals surface area contributed by atoms with Crippen LogP contribution in [0, 0.1) is 30.6 Å². The Hall–Kier alpha value is -6.02. The van der Waals surface area contributed by atoms with Crippen LogP contribution in [0.25, 0.3) is 16.9 Å². The molecule has 0 aliphatic heterocycles. The zero-order chi connectivity index (χ0) is 47.5. The molecular formula is C48H64F5N7O2. The first-order chi connectivity index (χ1) is 29.2. The van der Waals surface area contributed by atoms with Crippen LogP contribution in [0.2, 0.25) is 0 Å². The number of imidazole rings is 1. The zero-order valence-corrected chi connectivity index (χ0v) is 37.8. The summed E-state index contributed by atoms with van der Waals surface area (Å²) < 4.78 is 67.3. The third kappa shape index (κ3) is 22.0. The van der Waals surface area contributed by atoms with E-state index in [0.717, 1.165) is 60.0 Å². The molecule has 62 heavy (non-hydrogen) atoms. The number of hydrogen-bond donors (Lipinski definition) is 2. The highest BCUT2D eigenvalue weighted by molar-refractivity contribution is 5.89. The molecule has 0 bridgehead atoms. The van der Waals surface area contributed by atoms with Crippen LogP contribution >= 0.6 is 0 Å². The van der Waals surface area contributed by atoms with Crippen LogP contribution in [0.15, 0.2) is 97.8 Å². The van der Waals surface area contributed by atoms with Gasteiger partial charge in [0.25, 0.3) is 5.92 Å². The van der Waals surface area contributed by atoms with Crippen molar-refractivity contribution in [2.75, 3.05) is 0 Å². The number of benzene rings is 1. The van der Waals surface area contributed by atoms with Crippen LogP contribution in [-0.4, -0.2) is 47.5 Å². The Morgan fingerprint density at radius 1 is 0.984 bits per heavy atom. The molecule has 2 amide bonds. The molecule has 1 aromatic carbocycles.